The molecular formula is C14H18Cl2N2O2. The summed E-state index contributed by atoms with van der Waals surface area (Å²) in [5.41, 5.74) is 0.267. The number of nitrogens with zero attached hydrogens (tertiary/aromatic N) is 1. The monoisotopic (exact) mass is 316 g/mol. The summed E-state index contributed by atoms with van der Waals surface area (Å²) in [7, 11) is 0. The van der Waals surface area contributed by atoms with E-state index < -0.39 is 6.10 Å². The topological polar surface area (TPSA) is 52.6 Å². The first-order valence-corrected chi connectivity index (χ1v) is 7.22. The lowest BCUT2D eigenvalue weighted by molar-refractivity contribution is -0.142. The van der Waals surface area contributed by atoms with Gasteiger partial charge >= 0.3 is 0 Å². The predicted octanol–water partition coefficient (Wildman–Crippen LogP) is 2.24. The van der Waals surface area contributed by atoms with Gasteiger partial charge in [0.15, 0.2) is 6.10 Å². The number of amides is 1. The molecule has 1 aliphatic rings. The number of benzene rings is 1. The number of carbonyl (C=O) groups excluding carboxylic acids is 1. The number of hydrogen-bond donors (Lipinski definition) is 2. The molecule has 0 saturated carbocycles. The predicted molar refractivity (Wildman–Crippen MR) is 80.1 cm³/mol. The van der Waals surface area contributed by atoms with Gasteiger partial charge in [0.2, 0.25) is 0 Å². The first-order chi connectivity index (χ1) is 9.28. The first-order valence-electron chi connectivity index (χ1n) is 6.46. The summed E-state index contributed by atoms with van der Waals surface area (Å²) in [5.74, 6) is -0.321. The number of carbonyl (C=O) groups is 1. The average molecular weight is 317 g/mol. The summed E-state index contributed by atoms with van der Waals surface area (Å²) in [4.78, 5) is 14.0. The standard InChI is InChI=1S/C14H18Cl2N2O2/c1-14(2)8-18(4-3-17-14)13(20)12(19)9-5-10(15)7-11(16)6-9/h5-7,12,17,19H,3-4,8H2,1-2H3. The number of hydrogen-bond acceptors (Lipinski definition) is 3. The number of aliphatic hydroxyl groups is 1. The van der Waals surface area contributed by atoms with Crippen LogP contribution in [-0.4, -0.2) is 41.1 Å². The molecule has 2 rings (SSSR count). The maximum Gasteiger partial charge on any atom is 0.256 e. The highest BCUT2D eigenvalue weighted by atomic mass is 35.5. The van der Waals surface area contributed by atoms with Gasteiger partial charge in [-0.1, -0.05) is 23.2 Å². The number of aliphatic hydroxyl groups excluding tert-OH is 1. The fourth-order valence-electron chi connectivity index (χ4n) is 2.38. The zero-order chi connectivity index (χ0) is 14.9. The van der Waals surface area contributed by atoms with Crippen molar-refractivity contribution in [2.75, 3.05) is 19.6 Å². The normalized spacial score (nSPS) is 19.8. The lowest BCUT2D eigenvalue weighted by Crippen LogP contribution is -2.59. The third kappa shape index (κ3) is 3.64. The maximum absolute atomic E-state index is 12.4. The van der Waals surface area contributed by atoms with Crippen molar-refractivity contribution in [3.05, 3.63) is 33.8 Å². The minimum atomic E-state index is -1.24. The van der Waals surface area contributed by atoms with Crippen LogP contribution in [0.2, 0.25) is 10.0 Å². The van der Waals surface area contributed by atoms with E-state index in [1.54, 1.807) is 23.1 Å². The van der Waals surface area contributed by atoms with E-state index in [4.69, 9.17) is 23.2 Å². The van der Waals surface area contributed by atoms with Crippen LogP contribution in [0.4, 0.5) is 0 Å². The van der Waals surface area contributed by atoms with Crippen LogP contribution >= 0.6 is 23.2 Å². The van der Waals surface area contributed by atoms with Gasteiger partial charge in [-0.3, -0.25) is 4.79 Å². The van der Waals surface area contributed by atoms with Crippen molar-refractivity contribution in [1.82, 2.24) is 10.2 Å². The van der Waals surface area contributed by atoms with Crippen LogP contribution in [0.1, 0.15) is 25.5 Å². The molecule has 4 nitrogen and oxygen atoms in total. The number of rotatable bonds is 2. The molecule has 1 aromatic carbocycles. The van der Waals surface area contributed by atoms with E-state index in [-0.39, 0.29) is 11.4 Å². The highest BCUT2D eigenvalue weighted by molar-refractivity contribution is 6.34. The molecule has 20 heavy (non-hydrogen) atoms. The van der Waals surface area contributed by atoms with Crippen molar-refractivity contribution >= 4 is 29.1 Å². The minimum absolute atomic E-state index is 0.153. The van der Waals surface area contributed by atoms with Crippen molar-refractivity contribution in [3.63, 3.8) is 0 Å². The summed E-state index contributed by atoms with van der Waals surface area (Å²) >= 11 is 11.8. The van der Waals surface area contributed by atoms with Crippen molar-refractivity contribution in [1.29, 1.82) is 0 Å². The van der Waals surface area contributed by atoms with Gasteiger partial charge in [0.25, 0.3) is 5.91 Å². The van der Waals surface area contributed by atoms with Crippen LogP contribution in [0.25, 0.3) is 0 Å². The second kappa shape index (κ2) is 5.90. The molecule has 1 aliphatic heterocycles. The molecule has 110 valence electrons. The Morgan fingerprint density at radius 1 is 1.35 bits per heavy atom. The van der Waals surface area contributed by atoms with Crippen LogP contribution in [-0.2, 0) is 4.79 Å². The van der Waals surface area contributed by atoms with E-state index in [0.717, 1.165) is 0 Å². The molecule has 1 amide bonds. The second-order valence-electron chi connectivity index (χ2n) is 5.68. The molecule has 0 radical (unpaired) electrons. The van der Waals surface area contributed by atoms with Crippen LogP contribution in [0, 0.1) is 0 Å². The van der Waals surface area contributed by atoms with Gasteiger partial charge in [-0.25, -0.2) is 0 Å². The summed E-state index contributed by atoms with van der Waals surface area (Å²) in [6.45, 7) is 5.89. The highest BCUT2D eigenvalue weighted by Gasteiger charge is 2.32. The molecule has 1 heterocycles. The summed E-state index contributed by atoms with van der Waals surface area (Å²) < 4.78 is 0. The Kier molecular flexibility index (Phi) is 4.59. The van der Waals surface area contributed by atoms with Crippen molar-refractivity contribution < 1.29 is 9.90 Å². The Morgan fingerprint density at radius 3 is 2.50 bits per heavy atom. The SMILES string of the molecule is CC1(C)CN(C(=O)C(O)c2cc(Cl)cc(Cl)c2)CCN1. The molecule has 1 atom stereocenters. The fourth-order valence-corrected chi connectivity index (χ4v) is 2.92. The van der Waals surface area contributed by atoms with E-state index >= 15 is 0 Å². The lowest BCUT2D eigenvalue weighted by atomic mass is 10.0. The zero-order valence-electron chi connectivity index (χ0n) is 11.5. The van der Waals surface area contributed by atoms with E-state index in [0.29, 0.717) is 35.2 Å². The number of halogens is 2. The van der Waals surface area contributed by atoms with Crippen molar-refractivity contribution in [2.24, 2.45) is 0 Å². The Morgan fingerprint density at radius 2 is 1.95 bits per heavy atom. The molecule has 1 aromatic rings. The average Bonchev–Trinajstić information content (AvgIpc) is 2.34. The third-order valence-electron chi connectivity index (χ3n) is 3.32. The van der Waals surface area contributed by atoms with Crippen LogP contribution in [0.15, 0.2) is 18.2 Å². The van der Waals surface area contributed by atoms with Gasteiger partial charge in [-0.2, -0.15) is 0 Å². The smallest absolute Gasteiger partial charge is 0.256 e. The Labute approximate surface area is 128 Å². The van der Waals surface area contributed by atoms with E-state index in [9.17, 15) is 9.90 Å². The largest absolute Gasteiger partial charge is 0.378 e. The molecule has 0 aliphatic carbocycles. The summed E-state index contributed by atoms with van der Waals surface area (Å²) in [6, 6.07) is 4.68. The Hall–Kier alpha value is -0.810. The molecule has 0 aromatic heterocycles. The van der Waals surface area contributed by atoms with Gasteiger partial charge in [0, 0.05) is 35.2 Å². The lowest BCUT2D eigenvalue weighted by Gasteiger charge is -2.39. The van der Waals surface area contributed by atoms with Gasteiger partial charge in [-0.15, -0.1) is 0 Å². The summed E-state index contributed by atoms with van der Waals surface area (Å²) in [5, 5.41) is 14.4. The molecule has 1 unspecified atom stereocenters. The second-order valence-corrected chi connectivity index (χ2v) is 6.55. The molecular weight excluding hydrogens is 299 g/mol. The Bertz CT molecular complexity index is 500. The zero-order valence-corrected chi connectivity index (χ0v) is 13.0. The number of piperazine rings is 1. The minimum Gasteiger partial charge on any atom is -0.378 e. The van der Waals surface area contributed by atoms with Gasteiger partial charge < -0.3 is 15.3 Å². The number of nitrogens with one attached hydrogen (secondary N) is 1. The van der Waals surface area contributed by atoms with Crippen LogP contribution in [0.3, 0.4) is 0 Å². The van der Waals surface area contributed by atoms with Gasteiger partial charge in [0.1, 0.15) is 0 Å². The van der Waals surface area contributed by atoms with E-state index in [1.165, 1.54) is 0 Å². The quantitative estimate of drug-likeness (QED) is 0.879. The molecule has 1 fully saturated rings. The van der Waals surface area contributed by atoms with E-state index in [2.05, 4.69) is 5.32 Å². The first kappa shape index (κ1) is 15.6. The molecule has 6 heteroatoms. The fraction of sp³-hybridized carbons (Fsp3) is 0.500. The maximum atomic E-state index is 12.4. The third-order valence-corrected chi connectivity index (χ3v) is 3.75. The van der Waals surface area contributed by atoms with Gasteiger partial charge in [0.05, 0.1) is 0 Å². The van der Waals surface area contributed by atoms with E-state index in [1.807, 2.05) is 13.8 Å². The molecule has 2 N–H and O–H groups in total. The highest BCUT2D eigenvalue weighted by Crippen LogP contribution is 2.25. The molecule has 1 saturated heterocycles. The van der Waals surface area contributed by atoms with Crippen LogP contribution in [0.5, 0.6) is 0 Å². The van der Waals surface area contributed by atoms with Crippen LogP contribution < -0.4 is 5.32 Å². The van der Waals surface area contributed by atoms with Crippen molar-refractivity contribution in [2.45, 2.75) is 25.5 Å². The Balaban J connectivity index is 2.15. The molecule has 0 spiro atoms. The summed E-state index contributed by atoms with van der Waals surface area (Å²) in [6.07, 6.45) is -1.24. The van der Waals surface area contributed by atoms with Gasteiger partial charge in [-0.05, 0) is 37.6 Å². The van der Waals surface area contributed by atoms with Crippen molar-refractivity contribution in [3.8, 4) is 0 Å². The molecule has 0 bridgehead atoms.